The van der Waals surface area contributed by atoms with E-state index in [9.17, 15) is 4.79 Å². The maximum atomic E-state index is 12.2. The first kappa shape index (κ1) is 16.1. The highest BCUT2D eigenvalue weighted by atomic mass is 35.5. The highest BCUT2D eigenvalue weighted by molar-refractivity contribution is 6.33. The molecule has 1 heterocycles. The van der Waals surface area contributed by atoms with Crippen molar-refractivity contribution in [1.82, 2.24) is 4.90 Å². The fourth-order valence-corrected chi connectivity index (χ4v) is 2.58. The van der Waals surface area contributed by atoms with E-state index in [1.807, 2.05) is 19.1 Å². The van der Waals surface area contributed by atoms with E-state index in [-0.39, 0.29) is 12.1 Å². The average molecular weight is 311 g/mol. The average Bonchev–Trinajstić information content (AvgIpc) is 2.49. The third kappa shape index (κ3) is 4.90. The van der Waals surface area contributed by atoms with Gasteiger partial charge in [-0.25, -0.2) is 4.79 Å². The van der Waals surface area contributed by atoms with Crippen molar-refractivity contribution in [1.29, 1.82) is 0 Å². The van der Waals surface area contributed by atoms with Gasteiger partial charge in [-0.3, -0.25) is 0 Å². The predicted octanol–water partition coefficient (Wildman–Crippen LogP) is 4.07. The minimum Gasteiger partial charge on any atom is -0.378 e. The zero-order valence-corrected chi connectivity index (χ0v) is 13.4. The molecule has 0 aromatic heterocycles. The van der Waals surface area contributed by atoms with Crippen LogP contribution in [0.5, 0.6) is 0 Å². The van der Waals surface area contributed by atoms with Crippen molar-refractivity contribution in [3.05, 3.63) is 28.8 Å². The van der Waals surface area contributed by atoms with Gasteiger partial charge in [-0.1, -0.05) is 17.7 Å². The summed E-state index contributed by atoms with van der Waals surface area (Å²) < 4.78 is 5.68. The van der Waals surface area contributed by atoms with Gasteiger partial charge in [0.05, 0.1) is 16.8 Å². The number of nitrogens with one attached hydrogen (secondary N) is 1. The Morgan fingerprint density at radius 1 is 1.48 bits per heavy atom. The molecule has 0 aliphatic carbocycles. The number of ether oxygens (including phenoxy) is 1. The summed E-state index contributed by atoms with van der Waals surface area (Å²) in [5, 5.41) is 3.41. The van der Waals surface area contributed by atoms with Crippen LogP contribution in [-0.4, -0.2) is 37.2 Å². The molecule has 1 saturated heterocycles. The summed E-state index contributed by atoms with van der Waals surface area (Å²) in [6, 6.07) is 5.45. The van der Waals surface area contributed by atoms with Crippen LogP contribution < -0.4 is 5.32 Å². The van der Waals surface area contributed by atoms with E-state index < -0.39 is 0 Å². The molecule has 1 aromatic rings. The zero-order valence-electron chi connectivity index (χ0n) is 12.7. The van der Waals surface area contributed by atoms with Crippen LogP contribution in [0, 0.1) is 6.92 Å². The van der Waals surface area contributed by atoms with Crippen molar-refractivity contribution in [2.75, 3.05) is 25.5 Å². The van der Waals surface area contributed by atoms with Gasteiger partial charge in [-0.2, -0.15) is 0 Å². The Labute approximate surface area is 131 Å². The molecule has 1 atom stereocenters. The van der Waals surface area contributed by atoms with E-state index in [0.717, 1.165) is 31.4 Å². The Morgan fingerprint density at radius 3 is 3.00 bits per heavy atom. The third-order valence-corrected chi connectivity index (χ3v) is 4.10. The number of amides is 2. The zero-order chi connectivity index (χ0) is 15.2. The van der Waals surface area contributed by atoms with Crippen LogP contribution in [-0.2, 0) is 4.74 Å². The van der Waals surface area contributed by atoms with Crippen LogP contribution in [0.15, 0.2) is 18.2 Å². The minimum atomic E-state index is -0.140. The molecule has 2 rings (SSSR count). The molecule has 0 bridgehead atoms. The number of urea groups is 1. The van der Waals surface area contributed by atoms with E-state index in [2.05, 4.69) is 5.32 Å². The smallest absolute Gasteiger partial charge is 0.321 e. The van der Waals surface area contributed by atoms with E-state index in [0.29, 0.717) is 17.3 Å². The molecular weight excluding hydrogens is 288 g/mol. The van der Waals surface area contributed by atoms with Crippen molar-refractivity contribution < 1.29 is 9.53 Å². The van der Waals surface area contributed by atoms with E-state index in [1.54, 1.807) is 18.0 Å². The lowest BCUT2D eigenvalue weighted by Gasteiger charge is -2.25. The van der Waals surface area contributed by atoms with E-state index >= 15 is 0 Å². The van der Waals surface area contributed by atoms with Crippen LogP contribution in [0.2, 0.25) is 5.02 Å². The second-order valence-electron chi connectivity index (χ2n) is 5.61. The molecule has 4 nitrogen and oxygen atoms in total. The van der Waals surface area contributed by atoms with Crippen molar-refractivity contribution in [2.45, 2.75) is 38.7 Å². The second kappa shape index (κ2) is 7.66. The molecule has 1 N–H and O–H groups in total. The predicted molar refractivity (Wildman–Crippen MR) is 86.0 cm³/mol. The first-order valence-electron chi connectivity index (χ1n) is 7.46. The normalized spacial score (nSPS) is 18.3. The molecule has 1 aromatic carbocycles. The third-order valence-electron chi connectivity index (χ3n) is 3.77. The van der Waals surface area contributed by atoms with Crippen molar-refractivity contribution in [3.8, 4) is 0 Å². The van der Waals surface area contributed by atoms with Crippen LogP contribution in [0.3, 0.4) is 0 Å². The van der Waals surface area contributed by atoms with E-state index in [1.165, 1.54) is 6.42 Å². The molecule has 21 heavy (non-hydrogen) atoms. The maximum Gasteiger partial charge on any atom is 0.321 e. The number of rotatable bonds is 4. The van der Waals surface area contributed by atoms with Crippen molar-refractivity contribution >= 4 is 23.3 Å². The fraction of sp³-hybridized carbons (Fsp3) is 0.562. The summed E-state index contributed by atoms with van der Waals surface area (Å²) in [5.74, 6) is 0. The monoisotopic (exact) mass is 310 g/mol. The van der Waals surface area contributed by atoms with Gasteiger partial charge >= 0.3 is 6.03 Å². The van der Waals surface area contributed by atoms with E-state index in [4.69, 9.17) is 16.3 Å². The number of benzene rings is 1. The number of hydrogen-bond acceptors (Lipinski definition) is 2. The molecule has 1 aliphatic rings. The Morgan fingerprint density at radius 2 is 2.29 bits per heavy atom. The van der Waals surface area contributed by atoms with Gasteiger partial charge in [0.2, 0.25) is 0 Å². The van der Waals surface area contributed by atoms with Gasteiger partial charge in [0, 0.05) is 20.2 Å². The topological polar surface area (TPSA) is 41.6 Å². The molecule has 1 fully saturated rings. The first-order chi connectivity index (χ1) is 10.1. The van der Waals surface area contributed by atoms with Gasteiger partial charge in [-0.15, -0.1) is 0 Å². The highest BCUT2D eigenvalue weighted by Gasteiger charge is 2.16. The van der Waals surface area contributed by atoms with Crippen LogP contribution >= 0.6 is 11.6 Å². The molecule has 1 unspecified atom stereocenters. The number of carbonyl (C=O) groups excluding carboxylic acids is 1. The number of aryl methyl sites for hydroxylation is 1. The van der Waals surface area contributed by atoms with Gasteiger partial charge in [-0.05, 0) is 50.3 Å². The first-order valence-corrected chi connectivity index (χ1v) is 7.84. The number of hydrogen-bond donors (Lipinski definition) is 1. The molecule has 116 valence electrons. The lowest BCUT2D eigenvalue weighted by atomic mass is 10.1. The second-order valence-corrected chi connectivity index (χ2v) is 6.02. The number of nitrogens with zero attached hydrogens (tertiary/aromatic N) is 1. The molecule has 0 saturated carbocycles. The number of anilines is 1. The van der Waals surface area contributed by atoms with Crippen molar-refractivity contribution in [2.24, 2.45) is 0 Å². The Balaban J connectivity index is 1.82. The summed E-state index contributed by atoms with van der Waals surface area (Å²) >= 11 is 6.09. The molecule has 5 heteroatoms. The Kier molecular flexibility index (Phi) is 5.88. The summed E-state index contributed by atoms with van der Waals surface area (Å²) in [7, 11) is 1.79. The molecule has 0 radical (unpaired) electrons. The quantitative estimate of drug-likeness (QED) is 0.910. The van der Waals surface area contributed by atoms with Crippen LogP contribution in [0.4, 0.5) is 10.5 Å². The van der Waals surface area contributed by atoms with Gasteiger partial charge in [0.15, 0.2) is 0 Å². The number of carbonyl (C=O) groups is 1. The highest BCUT2D eigenvalue weighted by Crippen LogP contribution is 2.23. The van der Waals surface area contributed by atoms with Gasteiger partial charge < -0.3 is 15.0 Å². The molecule has 2 amide bonds. The fourth-order valence-electron chi connectivity index (χ4n) is 2.42. The van der Waals surface area contributed by atoms with Crippen LogP contribution in [0.25, 0.3) is 0 Å². The van der Waals surface area contributed by atoms with Gasteiger partial charge in [0.25, 0.3) is 0 Å². The SMILES string of the molecule is Cc1ccc(Cl)c(NC(=O)N(C)CCC2CCCCO2)c1. The lowest BCUT2D eigenvalue weighted by Crippen LogP contribution is -2.34. The lowest BCUT2D eigenvalue weighted by molar-refractivity contribution is 0.00848. The standard InChI is InChI=1S/C16H23ClN2O2/c1-12-6-7-14(17)15(11-12)18-16(20)19(2)9-8-13-5-3-4-10-21-13/h6-7,11,13H,3-5,8-10H2,1-2H3,(H,18,20). The largest absolute Gasteiger partial charge is 0.378 e. The van der Waals surface area contributed by atoms with Crippen molar-refractivity contribution in [3.63, 3.8) is 0 Å². The molecular formula is C16H23ClN2O2. The number of halogens is 1. The summed E-state index contributed by atoms with van der Waals surface area (Å²) in [4.78, 5) is 13.8. The summed E-state index contributed by atoms with van der Waals surface area (Å²) in [5.41, 5.74) is 1.72. The maximum absolute atomic E-state index is 12.2. The van der Waals surface area contributed by atoms with Crippen LogP contribution in [0.1, 0.15) is 31.2 Å². The minimum absolute atomic E-state index is 0.140. The summed E-state index contributed by atoms with van der Waals surface area (Å²) in [6.07, 6.45) is 4.64. The Hall–Kier alpha value is -1.26. The van der Waals surface area contributed by atoms with Gasteiger partial charge in [0.1, 0.15) is 0 Å². The molecule has 1 aliphatic heterocycles. The Bertz CT molecular complexity index is 487. The summed E-state index contributed by atoms with van der Waals surface area (Å²) in [6.45, 7) is 3.50. The molecule has 0 spiro atoms.